The predicted molar refractivity (Wildman–Crippen MR) is 92.0 cm³/mol. The molecule has 0 radical (unpaired) electrons. The lowest BCUT2D eigenvalue weighted by Crippen LogP contribution is -2.44. The van der Waals surface area contributed by atoms with E-state index in [0.29, 0.717) is 11.8 Å². The van der Waals surface area contributed by atoms with Crippen LogP contribution in [0, 0.1) is 11.6 Å². The fourth-order valence-corrected chi connectivity index (χ4v) is 3.53. The summed E-state index contributed by atoms with van der Waals surface area (Å²) in [5.41, 5.74) is 0.471. The summed E-state index contributed by atoms with van der Waals surface area (Å²) in [7, 11) is 0. The molecule has 0 spiro atoms. The Bertz CT molecular complexity index is 858. The lowest BCUT2D eigenvalue weighted by atomic mass is 10.2. The summed E-state index contributed by atoms with van der Waals surface area (Å²) in [4.78, 5) is 38.3. The molecule has 2 aromatic rings. The molecule has 1 heterocycles. The number of benzene rings is 2. The molecule has 1 N–H and O–H groups in total. The largest absolute Gasteiger partial charge is 0.480 e. The summed E-state index contributed by atoms with van der Waals surface area (Å²) < 4.78 is 26.2. The maximum atomic E-state index is 13.1. The number of imide groups is 1. The van der Waals surface area contributed by atoms with Gasteiger partial charge in [-0.25, -0.2) is 13.7 Å². The zero-order valence-corrected chi connectivity index (χ0v) is 14.0. The highest BCUT2D eigenvalue weighted by atomic mass is 32.2. The maximum Gasteiger partial charge on any atom is 0.323 e. The molecule has 9 heteroatoms. The molecule has 0 unspecified atom stereocenters. The van der Waals surface area contributed by atoms with Gasteiger partial charge in [0.05, 0.1) is 5.69 Å². The van der Waals surface area contributed by atoms with Crippen LogP contribution in [0.1, 0.15) is 0 Å². The van der Waals surface area contributed by atoms with Gasteiger partial charge in [-0.05, 0) is 60.3 Å². The average molecular weight is 378 g/mol. The molecule has 1 aliphatic heterocycles. The lowest BCUT2D eigenvalue weighted by Gasteiger charge is -2.27. The Kier molecular flexibility index (Phi) is 4.90. The first-order valence-electron chi connectivity index (χ1n) is 7.41. The zero-order valence-electron chi connectivity index (χ0n) is 13.1. The van der Waals surface area contributed by atoms with Crippen molar-refractivity contribution in [2.45, 2.75) is 5.37 Å². The van der Waals surface area contributed by atoms with Crippen molar-refractivity contribution < 1.29 is 28.3 Å². The summed E-state index contributed by atoms with van der Waals surface area (Å²) in [5, 5.41) is 7.41. The van der Waals surface area contributed by atoms with Gasteiger partial charge >= 0.3 is 5.97 Å². The van der Waals surface area contributed by atoms with Crippen molar-refractivity contribution >= 4 is 40.3 Å². The molecule has 6 nitrogen and oxygen atoms in total. The molecular weight excluding hydrogens is 366 g/mol. The average Bonchev–Trinajstić information content (AvgIpc) is 2.89. The van der Waals surface area contributed by atoms with Gasteiger partial charge in [-0.2, -0.15) is 0 Å². The van der Waals surface area contributed by atoms with Crippen molar-refractivity contribution in [2.75, 3.05) is 16.3 Å². The Balaban J connectivity index is 1.93. The number of nitrogens with zero attached hydrogens (tertiary/aromatic N) is 2. The smallest absolute Gasteiger partial charge is 0.323 e. The van der Waals surface area contributed by atoms with Gasteiger partial charge in [-0.1, -0.05) is 0 Å². The van der Waals surface area contributed by atoms with E-state index < -0.39 is 40.7 Å². The standard InChI is InChI=1S/C17H12F2N2O4S/c18-10-1-5-12(6-2-10)20(9-14(22)23)16-15(24)21(17(25)26-16)13-7-3-11(19)4-8-13/h1-8,16H,9H2,(H,22,23)/t16-/m1/s1. The van der Waals surface area contributed by atoms with E-state index in [0.717, 1.165) is 29.2 Å². The summed E-state index contributed by atoms with van der Waals surface area (Å²) in [6.45, 7) is -0.556. The molecule has 0 aliphatic carbocycles. The van der Waals surface area contributed by atoms with Crippen LogP contribution in [0.2, 0.25) is 0 Å². The Morgan fingerprint density at radius 1 is 1.04 bits per heavy atom. The Morgan fingerprint density at radius 3 is 2.12 bits per heavy atom. The van der Waals surface area contributed by atoms with E-state index in [-0.39, 0.29) is 11.4 Å². The number of amides is 2. The van der Waals surface area contributed by atoms with Gasteiger partial charge in [0.2, 0.25) is 0 Å². The lowest BCUT2D eigenvalue weighted by molar-refractivity contribution is -0.135. The fourth-order valence-electron chi connectivity index (χ4n) is 2.51. The topological polar surface area (TPSA) is 77.9 Å². The van der Waals surface area contributed by atoms with Crippen molar-refractivity contribution in [1.82, 2.24) is 0 Å². The molecule has 1 saturated heterocycles. The van der Waals surface area contributed by atoms with Gasteiger partial charge in [-0.15, -0.1) is 0 Å². The highest BCUT2D eigenvalue weighted by Gasteiger charge is 2.44. The van der Waals surface area contributed by atoms with E-state index >= 15 is 0 Å². The van der Waals surface area contributed by atoms with Crippen molar-refractivity contribution in [3.05, 3.63) is 60.2 Å². The van der Waals surface area contributed by atoms with Gasteiger partial charge < -0.3 is 10.0 Å². The van der Waals surface area contributed by atoms with Gasteiger partial charge in [0.15, 0.2) is 5.37 Å². The number of hydrogen-bond donors (Lipinski definition) is 1. The molecule has 134 valence electrons. The van der Waals surface area contributed by atoms with Gasteiger partial charge in [0.1, 0.15) is 18.2 Å². The fraction of sp³-hybridized carbons (Fsp3) is 0.118. The van der Waals surface area contributed by atoms with Crippen LogP contribution in [0.15, 0.2) is 48.5 Å². The highest BCUT2D eigenvalue weighted by Crippen LogP contribution is 2.35. The van der Waals surface area contributed by atoms with Crippen LogP contribution >= 0.6 is 11.8 Å². The van der Waals surface area contributed by atoms with Crippen molar-refractivity contribution in [3.8, 4) is 0 Å². The second-order valence-corrected chi connectivity index (χ2v) is 6.42. The number of carboxylic acid groups (broad SMARTS) is 1. The Labute approximate surface area is 151 Å². The molecule has 3 rings (SSSR count). The molecule has 2 aromatic carbocycles. The minimum absolute atomic E-state index is 0.186. The van der Waals surface area contributed by atoms with Crippen LogP contribution in [-0.2, 0) is 9.59 Å². The third-order valence-electron chi connectivity index (χ3n) is 3.66. The first kappa shape index (κ1) is 17.9. The molecule has 0 aromatic heterocycles. The van der Waals surface area contributed by atoms with Gasteiger partial charge in [0.25, 0.3) is 11.1 Å². The quantitative estimate of drug-likeness (QED) is 0.862. The van der Waals surface area contributed by atoms with Crippen LogP contribution in [0.25, 0.3) is 0 Å². The van der Waals surface area contributed by atoms with E-state index in [1.165, 1.54) is 29.2 Å². The summed E-state index contributed by atoms with van der Waals surface area (Å²) >= 11 is 0.642. The third-order valence-corrected chi connectivity index (χ3v) is 4.72. The van der Waals surface area contributed by atoms with Crippen molar-refractivity contribution in [3.63, 3.8) is 0 Å². The molecule has 1 aliphatic rings. The number of hydrogen-bond acceptors (Lipinski definition) is 5. The first-order valence-corrected chi connectivity index (χ1v) is 8.29. The second kappa shape index (κ2) is 7.12. The second-order valence-electron chi connectivity index (χ2n) is 5.38. The number of carbonyl (C=O) groups excluding carboxylic acids is 2. The minimum atomic E-state index is -1.21. The van der Waals surface area contributed by atoms with E-state index in [4.69, 9.17) is 5.11 Å². The molecule has 2 amide bonds. The molecular formula is C17H12F2N2O4S. The Morgan fingerprint density at radius 2 is 1.58 bits per heavy atom. The number of carboxylic acids is 1. The van der Waals surface area contributed by atoms with Crippen LogP contribution in [0.4, 0.5) is 25.0 Å². The van der Waals surface area contributed by atoms with Crippen molar-refractivity contribution in [2.24, 2.45) is 0 Å². The number of carbonyl (C=O) groups is 3. The van der Waals surface area contributed by atoms with Gasteiger partial charge in [0, 0.05) is 5.69 Å². The summed E-state index contributed by atoms with van der Waals surface area (Å²) in [6, 6.07) is 9.72. The highest BCUT2D eigenvalue weighted by molar-refractivity contribution is 8.16. The third kappa shape index (κ3) is 3.52. The first-order chi connectivity index (χ1) is 12.4. The molecule has 1 atom stereocenters. The summed E-state index contributed by atoms with van der Waals surface area (Å²) in [6.07, 6.45) is 0. The SMILES string of the molecule is O=C(O)CN(c1ccc(F)cc1)[C@@H]1SC(=O)N(c2ccc(F)cc2)C1=O. The van der Waals surface area contributed by atoms with E-state index in [1.54, 1.807) is 0 Å². The number of halogens is 2. The Hall–Kier alpha value is -2.94. The number of anilines is 2. The number of rotatable bonds is 5. The van der Waals surface area contributed by atoms with E-state index in [1.807, 2.05) is 0 Å². The van der Waals surface area contributed by atoms with Gasteiger partial charge in [-0.3, -0.25) is 14.4 Å². The normalized spacial score (nSPS) is 16.8. The van der Waals surface area contributed by atoms with Crippen LogP contribution in [-0.4, -0.2) is 34.1 Å². The molecule has 0 bridgehead atoms. The zero-order chi connectivity index (χ0) is 18.8. The van der Waals surface area contributed by atoms with E-state index in [2.05, 4.69) is 0 Å². The minimum Gasteiger partial charge on any atom is -0.480 e. The molecule has 1 fully saturated rings. The number of aliphatic carboxylic acids is 1. The molecule has 0 saturated carbocycles. The van der Waals surface area contributed by atoms with Crippen LogP contribution in [0.3, 0.4) is 0 Å². The monoisotopic (exact) mass is 378 g/mol. The summed E-state index contributed by atoms with van der Waals surface area (Å²) in [5.74, 6) is -2.90. The number of thioether (sulfide) groups is 1. The van der Waals surface area contributed by atoms with E-state index in [9.17, 15) is 23.2 Å². The maximum absolute atomic E-state index is 13.1. The van der Waals surface area contributed by atoms with Crippen LogP contribution in [0.5, 0.6) is 0 Å². The van der Waals surface area contributed by atoms with Crippen LogP contribution < -0.4 is 9.80 Å². The van der Waals surface area contributed by atoms with Crippen molar-refractivity contribution in [1.29, 1.82) is 0 Å². The predicted octanol–water partition coefficient (Wildman–Crippen LogP) is 3.08. The molecule has 26 heavy (non-hydrogen) atoms.